The zero-order chi connectivity index (χ0) is 13.3. The summed E-state index contributed by atoms with van der Waals surface area (Å²) in [7, 11) is 0. The maximum absolute atomic E-state index is 11.6. The van der Waals surface area contributed by atoms with Crippen molar-refractivity contribution in [2.45, 2.75) is 24.6 Å². The third kappa shape index (κ3) is 2.69. The number of carbonyl (C=O) groups is 1. The molecule has 2 rings (SSSR count). The Hall–Kier alpha value is -0.230. The van der Waals surface area contributed by atoms with Crippen LogP contribution < -0.4 is 0 Å². The Kier molecular flexibility index (Phi) is 4.59. The van der Waals surface area contributed by atoms with Gasteiger partial charge in [0.25, 0.3) is 0 Å². The van der Waals surface area contributed by atoms with E-state index in [0.717, 1.165) is 17.3 Å². The summed E-state index contributed by atoms with van der Waals surface area (Å²) < 4.78 is 8.34. The topological polar surface area (TPSA) is 42.9 Å². The van der Waals surface area contributed by atoms with Crippen LogP contribution in [0.4, 0.5) is 0 Å². The number of alkyl halides is 1. The van der Waals surface area contributed by atoms with E-state index in [9.17, 15) is 4.79 Å². The molecule has 0 spiro atoms. The lowest BCUT2D eigenvalue weighted by Gasteiger charge is -2.10. The SMILES string of the molecule is CCC(=O)C(Br)Cc1c(Cl)cc(Cl)c2nsnc12. The summed E-state index contributed by atoms with van der Waals surface area (Å²) in [6.07, 6.45) is 0.976. The molecule has 0 fully saturated rings. The molecule has 0 aliphatic rings. The molecule has 0 bridgehead atoms. The van der Waals surface area contributed by atoms with Crippen LogP contribution in [-0.4, -0.2) is 19.4 Å². The van der Waals surface area contributed by atoms with Gasteiger partial charge in [0.15, 0.2) is 0 Å². The number of aromatic nitrogens is 2. The summed E-state index contributed by atoms with van der Waals surface area (Å²) in [5.41, 5.74) is 2.14. The largest absolute Gasteiger partial charge is 0.298 e. The number of hydrogen-bond donors (Lipinski definition) is 0. The van der Waals surface area contributed by atoms with Crippen LogP contribution in [0.1, 0.15) is 18.9 Å². The third-order valence-electron chi connectivity index (χ3n) is 2.62. The average Bonchev–Trinajstić information content (AvgIpc) is 2.82. The van der Waals surface area contributed by atoms with Crippen molar-refractivity contribution >= 4 is 67.7 Å². The third-order valence-corrected chi connectivity index (χ3v) is 4.61. The van der Waals surface area contributed by atoms with Crippen LogP contribution in [0, 0.1) is 0 Å². The first-order valence-electron chi connectivity index (χ1n) is 5.30. The summed E-state index contributed by atoms with van der Waals surface area (Å²) >= 11 is 16.7. The summed E-state index contributed by atoms with van der Waals surface area (Å²) in [6.45, 7) is 1.83. The minimum Gasteiger partial charge on any atom is -0.298 e. The van der Waals surface area contributed by atoms with Gasteiger partial charge in [0, 0.05) is 17.0 Å². The van der Waals surface area contributed by atoms with E-state index in [2.05, 4.69) is 24.7 Å². The number of halogens is 3. The molecule has 0 saturated carbocycles. The molecular formula is C11H9BrCl2N2OS. The molecule has 96 valence electrons. The highest BCUT2D eigenvalue weighted by Crippen LogP contribution is 2.33. The van der Waals surface area contributed by atoms with Crippen molar-refractivity contribution in [3.8, 4) is 0 Å². The Labute approximate surface area is 127 Å². The quantitative estimate of drug-likeness (QED) is 0.757. The average molecular weight is 368 g/mol. The highest BCUT2D eigenvalue weighted by Gasteiger charge is 2.20. The monoisotopic (exact) mass is 366 g/mol. The lowest BCUT2D eigenvalue weighted by atomic mass is 10.0. The van der Waals surface area contributed by atoms with E-state index >= 15 is 0 Å². The number of hydrogen-bond acceptors (Lipinski definition) is 4. The van der Waals surface area contributed by atoms with E-state index < -0.39 is 0 Å². The van der Waals surface area contributed by atoms with Gasteiger partial charge in [-0.3, -0.25) is 4.79 Å². The highest BCUT2D eigenvalue weighted by atomic mass is 79.9. The molecule has 0 N–H and O–H groups in total. The second-order valence-corrected chi connectivity index (χ2v) is 6.22. The Morgan fingerprint density at radius 1 is 1.39 bits per heavy atom. The van der Waals surface area contributed by atoms with E-state index in [-0.39, 0.29) is 10.6 Å². The zero-order valence-electron chi connectivity index (χ0n) is 9.41. The zero-order valence-corrected chi connectivity index (χ0v) is 13.3. The maximum Gasteiger partial charge on any atom is 0.146 e. The van der Waals surface area contributed by atoms with Crippen LogP contribution in [0.15, 0.2) is 6.07 Å². The van der Waals surface area contributed by atoms with Gasteiger partial charge in [0.05, 0.1) is 21.6 Å². The van der Waals surface area contributed by atoms with Gasteiger partial charge in [-0.25, -0.2) is 0 Å². The molecule has 0 saturated heterocycles. The van der Waals surface area contributed by atoms with Crippen molar-refractivity contribution in [2.24, 2.45) is 0 Å². The lowest BCUT2D eigenvalue weighted by molar-refractivity contribution is -0.118. The Bertz CT molecular complexity index is 602. The fraction of sp³-hybridized carbons (Fsp3) is 0.364. The smallest absolute Gasteiger partial charge is 0.146 e. The van der Waals surface area contributed by atoms with Crippen LogP contribution in [0.3, 0.4) is 0 Å². The fourth-order valence-corrected chi connectivity index (χ4v) is 3.49. The fourth-order valence-electron chi connectivity index (χ4n) is 1.63. The number of Topliss-reactive ketones (excluding diaryl/α,β-unsaturated/α-hetero) is 1. The first-order valence-corrected chi connectivity index (χ1v) is 7.70. The van der Waals surface area contributed by atoms with Crippen molar-refractivity contribution < 1.29 is 4.79 Å². The van der Waals surface area contributed by atoms with Crippen molar-refractivity contribution in [3.05, 3.63) is 21.7 Å². The second-order valence-electron chi connectivity index (χ2n) is 3.77. The molecule has 1 atom stereocenters. The number of fused-ring (bicyclic) bond motifs is 1. The van der Waals surface area contributed by atoms with Crippen molar-refractivity contribution in [1.29, 1.82) is 0 Å². The van der Waals surface area contributed by atoms with Gasteiger partial charge in [-0.05, 0) is 12.5 Å². The maximum atomic E-state index is 11.6. The highest BCUT2D eigenvalue weighted by molar-refractivity contribution is 9.10. The van der Waals surface area contributed by atoms with Gasteiger partial charge in [0.1, 0.15) is 16.8 Å². The van der Waals surface area contributed by atoms with E-state index in [4.69, 9.17) is 23.2 Å². The molecule has 1 heterocycles. The molecule has 1 aromatic carbocycles. The first kappa shape index (κ1) is 14.2. The second kappa shape index (κ2) is 5.82. The number of nitrogens with zero attached hydrogens (tertiary/aromatic N) is 2. The van der Waals surface area contributed by atoms with Crippen molar-refractivity contribution in [3.63, 3.8) is 0 Å². The standard InChI is InChI=1S/C11H9BrCl2N2OS/c1-2-9(17)6(12)3-5-7(13)4-8(14)11-10(5)15-18-16-11/h4,6H,2-3H2,1H3. The van der Waals surface area contributed by atoms with Crippen LogP contribution in [0.5, 0.6) is 0 Å². The van der Waals surface area contributed by atoms with Gasteiger partial charge in [0.2, 0.25) is 0 Å². The molecule has 7 heteroatoms. The number of rotatable bonds is 4. The van der Waals surface area contributed by atoms with Gasteiger partial charge in [-0.2, -0.15) is 8.75 Å². The van der Waals surface area contributed by atoms with Gasteiger partial charge >= 0.3 is 0 Å². The number of ketones is 1. The molecule has 2 aromatic rings. The number of benzene rings is 1. The molecular weight excluding hydrogens is 359 g/mol. The van der Waals surface area contributed by atoms with Gasteiger partial charge < -0.3 is 0 Å². The summed E-state index contributed by atoms with van der Waals surface area (Å²) in [6, 6.07) is 1.65. The predicted molar refractivity (Wildman–Crippen MR) is 79.2 cm³/mol. The molecule has 0 amide bonds. The molecule has 0 aliphatic carbocycles. The van der Waals surface area contributed by atoms with Crippen molar-refractivity contribution in [2.75, 3.05) is 0 Å². The normalized spacial score (nSPS) is 12.9. The molecule has 3 nitrogen and oxygen atoms in total. The Morgan fingerprint density at radius 2 is 2.06 bits per heavy atom. The Balaban J connectivity index is 2.44. The lowest BCUT2D eigenvalue weighted by Crippen LogP contribution is -2.15. The van der Waals surface area contributed by atoms with Crippen LogP contribution in [0.2, 0.25) is 10.0 Å². The minimum absolute atomic E-state index is 0.136. The minimum atomic E-state index is -0.258. The summed E-state index contributed by atoms with van der Waals surface area (Å²) in [5, 5.41) is 1.01. The van der Waals surface area contributed by atoms with Crippen LogP contribution in [-0.2, 0) is 11.2 Å². The number of carbonyl (C=O) groups excluding carboxylic acids is 1. The molecule has 1 aromatic heterocycles. The van der Waals surface area contributed by atoms with Crippen LogP contribution >= 0.6 is 50.9 Å². The molecule has 0 radical (unpaired) electrons. The van der Waals surface area contributed by atoms with E-state index in [1.807, 2.05) is 6.92 Å². The van der Waals surface area contributed by atoms with Gasteiger partial charge in [-0.1, -0.05) is 46.1 Å². The first-order chi connectivity index (χ1) is 8.54. The summed E-state index contributed by atoms with van der Waals surface area (Å²) in [4.78, 5) is 11.4. The van der Waals surface area contributed by atoms with E-state index in [1.54, 1.807) is 6.07 Å². The van der Waals surface area contributed by atoms with Crippen molar-refractivity contribution in [1.82, 2.24) is 8.75 Å². The molecule has 1 unspecified atom stereocenters. The molecule has 0 aliphatic heterocycles. The van der Waals surface area contributed by atoms with E-state index in [0.29, 0.717) is 33.9 Å². The van der Waals surface area contributed by atoms with Crippen LogP contribution in [0.25, 0.3) is 11.0 Å². The summed E-state index contributed by atoms with van der Waals surface area (Å²) in [5.74, 6) is 0.136. The predicted octanol–water partition coefficient (Wildman–Crippen LogP) is 4.28. The van der Waals surface area contributed by atoms with Gasteiger partial charge in [-0.15, -0.1) is 0 Å². The van der Waals surface area contributed by atoms with E-state index in [1.165, 1.54) is 0 Å². The Morgan fingerprint density at radius 3 is 2.72 bits per heavy atom. The molecule has 18 heavy (non-hydrogen) atoms.